The Bertz CT molecular complexity index is 444. The predicted molar refractivity (Wildman–Crippen MR) is 72.9 cm³/mol. The number of carbonyl (C=O) groups is 1. The molecule has 0 aromatic carbocycles. The van der Waals surface area contributed by atoms with Crippen molar-refractivity contribution in [2.24, 2.45) is 17.8 Å². The van der Waals surface area contributed by atoms with Crippen LogP contribution >= 0.6 is 0 Å². The van der Waals surface area contributed by atoms with Crippen LogP contribution in [0.1, 0.15) is 32.1 Å². The van der Waals surface area contributed by atoms with Gasteiger partial charge < -0.3 is 5.32 Å². The van der Waals surface area contributed by atoms with Gasteiger partial charge in [-0.1, -0.05) is 29.9 Å². The highest BCUT2D eigenvalue weighted by Gasteiger charge is 2.36. The standard InChI is InChI=1S/C16H21NO/c1-17-16(18)13-8-9-15-12(10-13)7-6-11-4-2-3-5-14(11)15/h2,4,6-7,13-15H,3,5,8-10H2,1H3,(H,17,18). The van der Waals surface area contributed by atoms with Crippen LogP contribution in [0.4, 0.5) is 0 Å². The Morgan fingerprint density at radius 1 is 1.22 bits per heavy atom. The molecule has 0 radical (unpaired) electrons. The third kappa shape index (κ3) is 1.94. The van der Waals surface area contributed by atoms with Crippen LogP contribution in [-0.2, 0) is 4.79 Å². The number of hydrogen-bond donors (Lipinski definition) is 1. The van der Waals surface area contributed by atoms with Gasteiger partial charge in [-0.05, 0) is 49.5 Å². The van der Waals surface area contributed by atoms with Gasteiger partial charge in [-0.15, -0.1) is 0 Å². The molecule has 0 heterocycles. The lowest BCUT2D eigenvalue weighted by Gasteiger charge is -2.39. The van der Waals surface area contributed by atoms with E-state index < -0.39 is 0 Å². The topological polar surface area (TPSA) is 29.1 Å². The molecule has 0 saturated heterocycles. The molecule has 3 unspecified atom stereocenters. The van der Waals surface area contributed by atoms with E-state index in [4.69, 9.17) is 0 Å². The largest absolute Gasteiger partial charge is 0.359 e. The number of allylic oxidation sites excluding steroid dienone is 6. The molecular weight excluding hydrogens is 222 g/mol. The molecule has 0 aliphatic heterocycles. The first-order chi connectivity index (χ1) is 8.79. The molecule has 3 rings (SSSR count). The summed E-state index contributed by atoms with van der Waals surface area (Å²) < 4.78 is 0. The highest BCUT2D eigenvalue weighted by atomic mass is 16.1. The first-order valence-electron chi connectivity index (χ1n) is 7.08. The lowest BCUT2D eigenvalue weighted by molar-refractivity contribution is -0.125. The fourth-order valence-electron chi connectivity index (χ4n) is 3.78. The summed E-state index contributed by atoms with van der Waals surface area (Å²) in [6.45, 7) is 0. The normalized spacial score (nSPS) is 33.9. The summed E-state index contributed by atoms with van der Waals surface area (Å²) in [5.74, 6) is 1.84. The molecule has 3 aliphatic rings. The summed E-state index contributed by atoms with van der Waals surface area (Å²) in [6, 6.07) is 0. The Balaban J connectivity index is 1.81. The average molecular weight is 243 g/mol. The van der Waals surface area contributed by atoms with Crippen molar-refractivity contribution in [1.82, 2.24) is 5.32 Å². The zero-order valence-electron chi connectivity index (χ0n) is 11.0. The Morgan fingerprint density at radius 3 is 2.94 bits per heavy atom. The average Bonchev–Trinajstić information content (AvgIpc) is 2.45. The second-order valence-corrected chi connectivity index (χ2v) is 5.69. The molecule has 1 fully saturated rings. The maximum atomic E-state index is 11.8. The maximum absolute atomic E-state index is 11.8. The van der Waals surface area contributed by atoms with Crippen molar-refractivity contribution in [3.8, 4) is 0 Å². The molecule has 1 amide bonds. The van der Waals surface area contributed by atoms with Crippen LogP contribution < -0.4 is 5.32 Å². The summed E-state index contributed by atoms with van der Waals surface area (Å²) in [7, 11) is 1.74. The Labute approximate surface area is 109 Å². The van der Waals surface area contributed by atoms with E-state index in [1.807, 2.05) is 0 Å². The Morgan fingerprint density at radius 2 is 2.11 bits per heavy atom. The molecule has 2 heteroatoms. The van der Waals surface area contributed by atoms with E-state index in [0.29, 0.717) is 5.92 Å². The molecule has 0 aromatic rings. The van der Waals surface area contributed by atoms with Crippen LogP contribution in [0, 0.1) is 17.8 Å². The van der Waals surface area contributed by atoms with Gasteiger partial charge >= 0.3 is 0 Å². The van der Waals surface area contributed by atoms with Crippen molar-refractivity contribution in [3.05, 3.63) is 35.5 Å². The summed E-state index contributed by atoms with van der Waals surface area (Å²) in [5.41, 5.74) is 3.02. The molecule has 3 atom stereocenters. The van der Waals surface area contributed by atoms with Gasteiger partial charge in [0.25, 0.3) is 0 Å². The van der Waals surface area contributed by atoms with E-state index in [1.165, 1.54) is 30.4 Å². The summed E-state index contributed by atoms with van der Waals surface area (Å²) in [4.78, 5) is 11.8. The van der Waals surface area contributed by atoms with Crippen LogP contribution in [0.25, 0.3) is 0 Å². The van der Waals surface area contributed by atoms with Crippen molar-refractivity contribution >= 4 is 5.91 Å². The van der Waals surface area contributed by atoms with Gasteiger partial charge in [-0.2, -0.15) is 0 Å². The molecule has 0 aromatic heterocycles. The van der Waals surface area contributed by atoms with E-state index in [0.717, 1.165) is 18.8 Å². The minimum atomic E-state index is 0.201. The fraction of sp³-hybridized carbons (Fsp3) is 0.562. The monoisotopic (exact) mass is 243 g/mol. The highest BCUT2D eigenvalue weighted by molar-refractivity contribution is 5.78. The third-order valence-corrected chi connectivity index (χ3v) is 4.76. The number of carbonyl (C=O) groups excluding carboxylic acids is 1. The molecule has 96 valence electrons. The number of nitrogens with one attached hydrogen (secondary N) is 1. The Kier molecular flexibility index (Phi) is 3.11. The number of fused-ring (bicyclic) bond motifs is 3. The first-order valence-corrected chi connectivity index (χ1v) is 7.08. The number of rotatable bonds is 1. The number of amides is 1. The van der Waals surface area contributed by atoms with Crippen LogP contribution in [0.3, 0.4) is 0 Å². The van der Waals surface area contributed by atoms with Crippen LogP contribution in [0.15, 0.2) is 35.5 Å². The van der Waals surface area contributed by atoms with E-state index in [1.54, 1.807) is 7.05 Å². The smallest absolute Gasteiger partial charge is 0.223 e. The highest BCUT2D eigenvalue weighted by Crippen LogP contribution is 2.46. The zero-order valence-corrected chi connectivity index (χ0v) is 11.0. The maximum Gasteiger partial charge on any atom is 0.223 e. The SMILES string of the molecule is CNC(=O)C1CCC2C(=CC=C3C=CCCC32)C1. The molecular formula is C16H21NO. The van der Waals surface area contributed by atoms with Gasteiger partial charge in [-0.25, -0.2) is 0 Å². The van der Waals surface area contributed by atoms with Crippen LogP contribution in [-0.4, -0.2) is 13.0 Å². The molecule has 1 saturated carbocycles. The third-order valence-electron chi connectivity index (χ3n) is 4.76. The second-order valence-electron chi connectivity index (χ2n) is 5.69. The summed E-state index contributed by atoms with van der Waals surface area (Å²) >= 11 is 0. The van der Waals surface area contributed by atoms with Gasteiger partial charge in [0.1, 0.15) is 0 Å². The van der Waals surface area contributed by atoms with Crippen molar-refractivity contribution in [1.29, 1.82) is 0 Å². The van der Waals surface area contributed by atoms with Gasteiger partial charge in [-0.3, -0.25) is 4.79 Å². The molecule has 18 heavy (non-hydrogen) atoms. The van der Waals surface area contributed by atoms with Crippen LogP contribution in [0.2, 0.25) is 0 Å². The van der Waals surface area contributed by atoms with Gasteiger partial charge in [0.15, 0.2) is 0 Å². The quantitative estimate of drug-likeness (QED) is 0.753. The zero-order chi connectivity index (χ0) is 12.5. The minimum Gasteiger partial charge on any atom is -0.359 e. The lowest BCUT2D eigenvalue weighted by atomic mass is 9.65. The number of hydrogen-bond acceptors (Lipinski definition) is 1. The summed E-state index contributed by atoms with van der Waals surface area (Å²) in [5, 5.41) is 2.79. The minimum absolute atomic E-state index is 0.201. The molecule has 2 nitrogen and oxygen atoms in total. The van der Waals surface area contributed by atoms with Crippen molar-refractivity contribution in [2.75, 3.05) is 7.05 Å². The van der Waals surface area contributed by atoms with E-state index >= 15 is 0 Å². The van der Waals surface area contributed by atoms with Crippen molar-refractivity contribution in [3.63, 3.8) is 0 Å². The van der Waals surface area contributed by atoms with Gasteiger partial charge in [0.2, 0.25) is 5.91 Å². The molecule has 1 N–H and O–H groups in total. The molecule has 0 spiro atoms. The fourth-order valence-corrected chi connectivity index (χ4v) is 3.78. The van der Waals surface area contributed by atoms with E-state index in [-0.39, 0.29) is 11.8 Å². The summed E-state index contributed by atoms with van der Waals surface area (Å²) in [6.07, 6.45) is 14.8. The van der Waals surface area contributed by atoms with E-state index in [9.17, 15) is 4.79 Å². The van der Waals surface area contributed by atoms with Crippen molar-refractivity contribution < 1.29 is 4.79 Å². The second kappa shape index (κ2) is 4.75. The van der Waals surface area contributed by atoms with Gasteiger partial charge in [0.05, 0.1) is 0 Å². The van der Waals surface area contributed by atoms with Gasteiger partial charge in [0, 0.05) is 13.0 Å². The van der Waals surface area contributed by atoms with Crippen molar-refractivity contribution in [2.45, 2.75) is 32.1 Å². The molecule has 0 bridgehead atoms. The molecule has 3 aliphatic carbocycles. The van der Waals surface area contributed by atoms with Crippen LogP contribution in [0.5, 0.6) is 0 Å². The first kappa shape index (κ1) is 11.8. The Hall–Kier alpha value is -1.31. The lowest BCUT2D eigenvalue weighted by Crippen LogP contribution is -2.34. The van der Waals surface area contributed by atoms with E-state index in [2.05, 4.69) is 29.6 Å². The predicted octanol–water partition coefficient (Wildman–Crippen LogP) is 2.98.